The van der Waals surface area contributed by atoms with Gasteiger partial charge in [-0.15, -0.1) is 0 Å². The van der Waals surface area contributed by atoms with Gasteiger partial charge in [0.2, 0.25) is 0 Å². The highest BCUT2D eigenvalue weighted by atomic mass is 19.1. The highest BCUT2D eigenvalue weighted by Crippen LogP contribution is 2.64. The first kappa shape index (κ1) is 25.0. The summed E-state index contributed by atoms with van der Waals surface area (Å²) >= 11 is 0. The molecule has 1 heterocycles. The second kappa shape index (κ2) is 8.85. The van der Waals surface area contributed by atoms with E-state index in [-0.39, 0.29) is 47.8 Å². The summed E-state index contributed by atoms with van der Waals surface area (Å²) in [6, 6.07) is 0. The third-order valence-electron chi connectivity index (χ3n) is 9.18. The van der Waals surface area contributed by atoms with Crippen molar-refractivity contribution in [3.05, 3.63) is 23.3 Å². The van der Waals surface area contributed by atoms with Gasteiger partial charge >= 0.3 is 0 Å². The van der Waals surface area contributed by atoms with E-state index in [4.69, 9.17) is 9.47 Å². The Bertz CT molecular complexity index is 830. The molecule has 3 fully saturated rings. The summed E-state index contributed by atoms with van der Waals surface area (Å²) in [7, 11) is 0. The van der Waals surface area contributed by atoms with Crippen molar-refractivity contribution in [2.24, 2.45) is 29.1 Å². The molecule has 0 aromatic carbocycles. The zero-order valence-electron chi connectivity index (χ0n) is 20.8. The Kier molecular flexibility index (Phi) is 6.71. The van der Waals surface area contributed by atoms with Crippen LogP contribution in [0.5, 0.6) is 0 Å². The Hall–Kier alpha value is -1.08. The zero-order chi connectivity index (χ0) is 24.2. The van der Waals surface area contributed by atoms with E-state index in [1.54, 1.807) is 6.92 Å². The molecule has 0 amide bonds. The van der Waals surface area contributed by atoms with Crippen molar-refractivity contribution in [2.75, 3.05) is 13.3 Å². The van der Waals surface area contributed by atoms with Gasteiger partial charge < -0.3 is 19.7 Å². The molecule has 6 heteroatoms. The number of hydrogen-bond acceptors (Lipinski definition) is 5. The minimum absolute atomic E-state index is 0.0664. The number of Topliss-reactive ketones (excluding diaryl/α,β-unsaturated/α-hetero) is 1. The summed E-state index contributed by atoms with van der Waals surface area (Å²) in [5.41, 5.74) is 0.249. The Morgan fingerprint density at radius 2 is 2.09 bits per heavy atom. The fourth-order valence-corrected chi connectivity index (χ4v) is 7.67. The van der Waals surface area contributed by atoms with E-state index in [0.717, 1.165) is 19.3 Å². The van der Waals surface area contributed by atoms with E-state index in [9.17, 15) is 19.4 Å². The lowest BCUT2D eigenvalue weighted by Gasteiger charge is -2.46. The Labute approximate surface area is 197 Å². The van der Waals surface area contributed by atoms with Crippen molar-refractivity contribution >= 4 is 5.78 Å². The quantitative estimate of drug-likeness (QED) is 0.462. The summed E-state index contributed by atoms with van der Waals surface area (Å²) in [5, 5.41) is 22.0. The van der Waals surface area contributed by atoms with Crippen LogP contribution in [-0.2, 0) is 14.3 Å². The molecule has 1 spiro atoms. The number of rotatable bonds is 5. The van der Waals surface area contributed by atoms with Crippen LogP contribution in [0.3, 0.4) is 0 Å². The van der Waals surface area contributed by atoms with Crippen LogP contribution in [0.2, 0.25) is 0 Å². The van der Waals surface area contributed by atoms with Crippen molar-refractivity contribution in [1.29, 1.82) is 0 Å². The highest BCUT2D eigenvalue weighted by Gasteiger charge is 2.64. The van der Waals surface area contributed by atoms with Crippen LogP contribution in [0.1, 0.15) is 73.1 Å². The summed E-state index contributed by atoms with van der Waals surface area (Å²) in [4.78, 5) is 13.0. The van der Waals surface area contributed by atoms with Crippen molar-refractivity contribution < 1.29 is 28.9 Å². The molecule has 0 radical (unpaired) electrons. The molecular weight excluding hydrogens is 423 g/mol. The lowest BCUT2D eigenvalue weighted by Crippen LogP contribution is -2.46. The molecule has 9 atom stereocenters. The first-order valence-corrected chi connectivity index (χ1v) is 12.6. The third-order valence-corrected chi connectivity index (χ3v) is 9.18. The van der Waals surface area contributed by atoms with Crippen molar-refractivity contribution in [3.63, 3.8) is 0 Å². The number of hydrogen-bond donors (Lipinski definition) is 2. The SMILES string of the molecule is CC(C)=C[C@H]1C[C@H](C)[C@]2(CC[C@]3(C)C[C@H]4[C@H](C(=O)C[C@@]4(C)O)/C(C(O)OCCF)=C\C[C@H]32)O1. The number of aliphatic hydroxyl groups is 2. The van der Waals surface area contributed by atoms with Gasteiger partial charge in [-0.1, -0.05) is 31.6 Å². The first-order valence-electron chi connectivity index (χ1n) is 12.6. The number of ketones is 1. The Morgan fingerprint density at radius 3 is 2.76 bits per heavy atom. The predicted octanol–water partition coefficient (Wildman–Crippen LogP) is 4.51. The molecule has 4 aliphatic rings. The fourth-order valence-electron chi connectivity index (χ4n) is 7.67. The molecule has 1 saturated heterocycles. The summed E-state index contributed by atoms with van der Waals surface area (Å²) in [5.74, 6) is -0.387. The number of halogens is 1. The van der Waals surface area contributed by atoms with Crippen LogP contribution in [0.15, 0.2) is 23.3 Å². The van der Waals surface area contributed by atoms with E-state index in [0.29, 0.717) is 24.3 Å². The Balaban J connectivity index is 1.74. The van der Waals surface area contributed by atoms with E-state index in [1.807, 2.05) is 6.08 Å². The number of aliphatic hydroxyl groups excluding tert-OH is 1. The fraction of sp³-hybridized carbons (Fsp3) is 0.815. The minimum Gasteiger partial charge on any atom is -0.389 e. The smallest absolute Gasteiger partial charge is 0.177 e. The van der Waals surface area contributed by atoms with Gasteiger partial charge in [-0.25, -0.2) is 4.39 Å². The summed E-state index contributed by atoms with van der Waals surface area (Å²) < 4.78 is 24.9. The average molecular weight is 465 g/mol. The van der Waals surface area contributed by atoms with Crippen LogP contribution in [0.25, 0.3) is 0 Å². The van der Waals surface area contributed by atoms with Gasteiger partial charge in [0.05, 0.1) is 23.9 Å². The van der Waals surface area contributed by atoms with E-state index >= 15 is 0 Å². The van der Waals surface area contributed by atoms with Gasteiger partial charge in [-0.2, -0.15) is 0 Å². The number of ether oxygens (including phenoxy) is 2. The third kappa shape index (κ3) is 4.26. The van der Waals surface area contributed by atoms with Crippen LogP contribution in [0, 0.1) is 29.1 Å². The topological polar surface area (TPSA) is 76.0 Å². The number of carbonyl (C=O) groups is 1. The number of allylic oxidation sites excluding steroid dienone is 2. The van der Waals surface area contributed by atoms with Crippen LogP contribution in [0.4, 0.5) is 4.39 Å². The molecule has 2 saturated carbocycles. The van der Waals surface area contributed by atoms with Gasteiger partial charge in [0.15, 0.2) is 6.29 Å². The first-order chi connectivity index (χ1) is 15.4. The van der Waals surface area contributed by atoms with Crippen LogP contribution in [-0.4, -0.2) is 52.9 Å². The maximum Gasteiger partial charge on any atom is 0.177 e. The average Bonchev–Trinajstić information content (AvgIpc) is 3.23. The zero-order valence-corrected chi connectivity index (χ0v) is 20.8. The number of carbonyl (C=O) groups excluding carboxylic acids is 1. The monoisotopic (exact) mass is 464 g/mol. The van der Waals surface area contributed by atoms with Crippen molar-refractivity contribution in [2.45, 2.75) is 96.7 Å². The molecule has 3 aliphatic carbocycles. The molecule has 4 rings (SSSR count). The van der Waals surface area contributed by atoms with Crippen LogP contribution >= 0.6 is 0 Å². The molecule has 33 heavy (non-hydrogen) atoms. The van der Waals surface area contributed by atoms with Gasteiger partial charge in [-0.05, 0) is 75.7 Å². The van der Waals surface area contributed by atoms with Gasteiger partial charge in [0.25, 0.3) is 0 Å². The van der Waals surface area contributed by atoms with Crippen LogP contribution < -0.4 is 0 Å². The Morgan fingerprint density at radius 1 is 1.36 bits per heavy atom. The highest BCUT2D eigenvalue weighted by molar-refractivity contribution is 5.88. The standard InChI is InChI=1S/C27H41FO5/c1-16(2)12-18-13-17(3)27(33-18)9-8-25(4)14-20-23(21(29)15-26(20,5)31)19(6-7-22(25)27)24(30)32-11-10-28/h6,12,17-18,20,22-24,30-31H,7-11,13-15H2,1-5H3/b19-6+/t17-,18-,20-,22+,23+,24?,25+,26+,27-/m0/s1. The van der Waals surface area contributed by atoms with E-state index in [1.165, 1.54) is 5.57 Å². The van der Waals surface area contributed by atoms with Gasteiger partial charge in [0, 0.05) is 18.3 Å². The molecular formula is C27H41FO5. The minimum atomic E-state index is -1.34. The second-order valence-electron chi connectivity index (χ2n) is 11.8. The lowest BCUT2D eigenvalue weighted by molar-refractivity contribution is -0.124. The number of alkyl halides is 1. The number of fused-ring (bicyclic) bond motifs is 3. The molecule has 1 unspecified atom stereocenters. The molecule has 0 aromatic rings. The molecule has 0 aromatic heterocycles. The molecule has 5 nitrogen and oxygen atoms in total. The van der Waals surface area contributed by atoms with E-state index in [2.05, 4.69) is 33.8 Å². The van der Waals surface area contributed by atoms with E-state index < -0.39 is 24.5 Å². The van der Waals surface area contributed by atoms with Gasteiger partial charge in [0.1, 0.15) is 12.5 Å². The van der Waals surface area contributed by atoms with Crippen molar-refractivity contribution in [1.82, 2.24) is 0 Å². The maximum absolute atomic E-state index is 13.0. The second-order valence-corrected chi connectivity index (χ2v) is 11.8. The molecule has 2 N–H and O–H groups in total. The van der Waals surface area contributed by atoms with Gasteiger partial charge in [-0.3, -0.25) is 4.79 Å². The maximum atomic E-state index is 13.0. The normalized spacial score (nSPS) is 47.5. The predicted molar refractivity (Wildman–Crippen MR) is 124 cm³/mol. The summed E-state index contributed by atoms with van der Waals surface area (Å²) in [6.45, 7) is 9.58. The molecule has 0 bridgehead atoms. The lowest BCUT2D eigenvalue weighted by atomic mass is 9.61. The largest absolute Gasteiger partial charge is 0.389 e. The molecule has 186 valence electrons. The summed E-state index contributed by atoms with van der Waals surface area (Å²) in [6.07, 6.45) is 7.30. The van der Waals surface area contributed by atoms with Crippen molar-refractivity contribution in [3.8, 4) is 0 Å². The molecule has 1 aliphatic heterocycles.